The minimum absolute atomic E-state index is 0. The number of nitrogens with zero attached hydrogens (tertiary/aromatic N) is 2. The molecule has 0 amide bonds. The van der Waals surface area contributed by atoms with Crippen LogP contribution >= 0.6 is 81.3 Å². The third-order valence-electron chi connectivity index (χ3n) is 9.08. The van der Waals surface area contributed by atoms with Gasteiger partial charge in [0.15, 0.2) is 0 Å². The molecule has 5 aromatic carbocycles. The number of halogens is 6. The molecule has 0 saturated heterocycles. The molecule has 276 valence electrons. The molecule has 12 heteroatoms. The van der Waals surface area contributed by atoms with Crippen LogP contribution in [0.1, 0.15) is 58.2 Å². The maximum Gasteiger partial charge on any atom is 0.261 e. The van der Waals surface area contributed by atoms with E-state index in [1.807, 2.05) is 30.9 Å². The molecule has 2 aliphatic rings. The van der Waals surface area contributed by atoms with E-state index in [1.54, 1.807) is 18.2 Å². The summed E-state index contributed by atoms with van der Waals surface area (Å²) in [5, 5.41) is 2.74. The Kier molecular flexibility index (Phi) is 15.3. The van der Waals surface area contributed by atoms with Crippen molar-refractivity contribution < 1.29 is 8.42 Å². The highest BCUT2D eigenvalue weighted by Gasteiger charge is 2.28. The number of rotatable bonds is 6. The summed E-state index contributed by atoms with van der Waals surface area (Å²) in [6.07, 6.45) is 0. The summed E-state index contributed by atoms with van der Waals surface area (Å²) in [7, 11) is 5.83. The van der Waals surface area contributed by atoms with Gasteiger partial charge in [-0.05, 0) is 102 Å². The lowest BCUT2D eigenvalue weighted by Crippen LogP contribution is -2.31. The zero-order chi connectivity index (χ0) is 35.6. The molecule has 52 heavy (non-hydrogen) atoms. The van der Waals surface area contributed by atoms with Crippen molar-refractivity contribution in [2.75, 3.05) is 27.2 Å². The van der Waals surface area contributed by atoms with Gasteiger partial charge in [0.25, 0.3) is 9.05 Å². The molecule has 2 unspecified atom stereocenters. The second kappa shape index (κ2) is 18.6. The van der Waals surface area contributed by atoms with Crippen LogP contribution in [0.25, 0.3) is 0 Å². The summed E-state index contributed by atoms with van der Waals surface area (Å²) in [5.74, 6) is 1.36. The summed E-state index contributed by atoms with van der Waals surface area (Å²) in [6.45, 7) is 3.40. The van der Waals surface area contributed by atoms with Crippen LogP contribution in [-0.2, 0) is 27.9 Å². The van der Waals surface area contributed by atoms with E-state index in [9.17, 15) is 8.42 Å². The van der Waals surface area contributed by atoms with Crippen molar-refractivity contribution >= 4 is 90.3 Å². The fourth-order valence-electron chi connectivity index (χ4n) is 6.66. The lowest BCUT2D eigenvalue weighted by molar-refractivity contribution is 0.295. The Hall–Kier alpha value is -1.94. The van der Waals surface area contributed by atoms with Crippen molar-refractivity contribution in [3.8, 4) is 0 Å². The Morgan fingerprint density at radius 3 is 1.56 bits per heavy atom. The minimum atomic E-state index is -3.72. The monoisotopic (exact) mass is 854 g/mol. The maximum atomic E-state index is 11.4. The van der Waals surface area contributed by atoms with Gasteiger partial charge in [-0.3, -0.25) is 0 Å². The molecule has 4 nitrogen and oxygen atoms in total. The second-order valence-corrected chi connectivity index (χ2v) is 18.1. The van der Waals surface area contributed by atoms with E-state index >= 15 is 0 Å². The highest BCUT2D eigenvalue weighted by atomic mass is 35.7. The number of benzene rings is 5. The summed E-state index contributed by atoms with van der Waals surface area (Å²) >= 11 is 27.1. The summed E-state index contributed by atoms with van der Waals surface area (Å²) < 4.78 is 22.8. The highest BCUT2D eigenvalue weighted by Crippen LogP contribution is 2.40. The van der Waals surface area contributed by atoms with Crippen molar-refractivity contribution in [2.24, 2.45) is 0 Å². The predicted molar refractivity (Wildman–Crippen MR) is 225 cm³/mol. The van der Waals surface area contributed by atoms with Gasteiger partial charge in [0, 0.05) is 79.4 Å². The zero-order valence-electron chi connectivity index (χ0n) is 27.8. The molecule has 0 N–H and O–H groups in total. The van der Waals surface area contributed by atoms with Gasteiger partial charge in [0.1, 0.15) is 0 Å². The van der Waals surface area contributed by atoms with Gasteiger partial charge in [-0.15, -0.1) is 24.2 Å². The number of fused-ring (bicyclic) bond motifs is 2. The fraction of sp³-hybridized carbons (Fsp3) is 0.250. The van der Waals surface area contributed by atoms with Crippen molar-refractivity contribution in [3.63, 3.8) is 0 Å². The van der Waals surface area contributed by atoms with Crippen LogP contribution in [-0.4, -0.2) is 45.4 Å². The van der Waals surface area contributed by atoms with E-state index in [0.717, 1.165) is 53.6 Å². The second-order valence-electron chi connectivity index (χ2n) is 12.8. The molecule has 2 aliphatic heterocycles. The largest absolute Gasteiger partial charge is 0.301 e. The van der Waals surface area contributed by atoms with Crippen LogP contribution in [0, 0.1) is 0 Å². The lowest BCUT2D eigenvalue weighted by Gasteiger charge is -2.33. The highest BCUT2D eigenvalue weighted by molar-refractivity contribution is 8.13. The summed E-state index contributed by atoms with van der Waals surface area (Å²) in [4.78, 5) is 5.89. The SMILES string of the molecule is C.CN1Cc2c(Cl)cc(Cl)cc2C(c2ccc(S(=O)(=O)Cl)cc2)C1.CN1Cc2c(Cl)cc(Cl)cc2C(c2ccc(SCc3ccccc3)cc2)C1.Cl. The first-order valence-electron chi connectivity index (χ1n) is 16.0. The number of hydrogen-bond acceptors (Lipinski definition) is 5. The molecule has 0 aromatic heterocycles. The first-order valence-corrected chi connectivity index (χ1v) is 20.8. The van der Waals surface area contributed by atoms with Crippen molar-refractivity contribution in [2.45, 2.75) is 47.9 Å². The number of hydrogen-bond donors (Lipinski definition) is 0. The topological polar surface area (TPSA) is 40.6 Å². The average molecular weight is 858 g/mol. The van der Waals surface area contributed by atoms with Crippen LogP contribution < -0.4 is 0 Å². The Labute approximate surface area is 343 Å². The van der Waals surface area contributed by atoms with E-state index < -0.39 is 9.05 Å². The minimum Gasteiger partial charge on any atom is -0.301 e. The van der Waals surface area contributed by atoms with Gasteiger partial charge in [0.05, 0.1) is 4.90 Å². The van der Waals surface area contributed by atoms with Gasteiger partial charge in [-0.2, -0.15) is 0 Å². The van der Waals surface area contributed by atoms with Crippen LogP contribution in [0.3, 0.4) is 0 Å². The molecule has 0 aliphatic carbocycles. The van der Waals surface area contributed by atoms with Gasteiger partial charge in [-0.1, -0.05) is 108 Å². The predicted octanol–water partition coefficient (Wildman–Crippen LogP) is 12.4. The van der Waals surface area contributed by atoms with Crippen LogP contribution in [0.2, 0.25) is 20.1 Å². The number of thioether (sulfide) groups is 1. The van der Waals surface area contributed by atoms with Crippen molar-refractivity contribution in [3.05, 3.63) is 162 Å². The Morgan fingerprint density at radius 2 is 1.12 bits per heavy atom. The van der Waals surface area contributed by atoms with E-state index in [0.29, 0.717) is 21.0 Å². The lowest BCUT2D eigenvalue weighted by atomic mass is 9.85. The van der Waals surface area contributed by atoms with Gasteiger partial charge < -0.3 is 9.80 Å². The molecule has 0 bridgehead atoms. The molecule has 2 atom stereocenters. The molecular weight excluding hydrogens is 817 g/mol. The normalized spacial score (nSPS) is 17.1. The third-order valence-corrected chi connectivity index (χ3v) is 12.6. The molecule has 0 spiro atoms. The van der Waals surface area contributed by atoms with E-state index in [-0.39, 0.29) is 30.6 Å². The summed E-state index contributed by atoms with van der Waals surface area (Å²) in [5.41, 5.74) is 8.26. The molecule has 0 fully saturated rings. The summed E-state index contributed by atoms with van der Waals surface area (Å²) in [6, 6.07) is 33.8. The van der Waals surface area contributed by atoms with Gasteiger partial charge in [0.2, 0.25) is 0 Å². The Morgan fingerprint density at radius 1 is 0.673 bits per heavy atom. The molecule has 2 heterocycles. The molecular formula is C40H40Cl6N2O2S2. The van der Waals surface area contributed by atoms with Gasteiger partial charge in [-0.25, -0.2) is 8.42 Å². The molecule has 0 saturated carbocycles. The quantitative estimate of drug-likeness (QED) is 0.126. The maximum absolute atomic E-state index is 11.4. The van der Waals surface area contributed by atoms with Crippen LogP contribution in [0.4, 0.5) is 0 Å². The molecule has 7 rings (SSSR count). The standard InChI is InChI=1S/C23H21Cl2NS.C16H14Cl3NO2S.CH4.ClH/c1-26-13-21(20-11-18(24)12-23(25)22(20)14-26)17-7-9-19(10-8-17)27-15-16-5-3-2-4-6-16;1-20-8-14(10-2-4-12(5-3-10)23(19,21)22)13-6-11(17)7-16(18)15(13)9-20;;/h2-12,21H,13-15H2,1H3;2-7,14H,8-9H2,1H3;1H4;1H. The first kappa shape index (κ1) is 42.8. The first-order chi connectivity index (χ1) is 23.9. The average Bonchev–Trinajstić information content (AvgIpc) is 3.08. The van der Waals surface area contributed by atoms with E-state index in [2.05, 4.69) is 77.5 Å². The van der Waals surface area contributed by atoms with Gasteiger partial charge >= 0.3 is 0 Å². The van der Waals surface area contributed by atoms with Crippen molar-refractivity contribution in [1.82, 2.24) is 9.80 Å². The van der Waals surface area contributed by atoms with Crippen molar-refractivity contribution in [1.29, 1.82) is 0 Å². The molecule has 5 aromatic rings. The zero-order valence-corrected chi connectivity index (χ0v) is 34.1. The molecule has 0 radical (unpaired) electrons. The smallest absolute Gasteiger partial charge is 0.261 e. The Balaban J connectivity index is 0.000000227. The fourth-order valence-corrected chi connectivity index (χ4v) is 9.42. The third kappa shape index (κ3) is 10.4. The van der Waals surface area contributed by atoms with Crippen LogP contribution in [0.5, 0.6) is 0 Å². The van der Waals surface area contributed by atoms with E-state index in [1.165, 1.54) is 39.3 Å². The number of likely N-dealkylation sites (N-methyl/N-ethyl adjacent to an activating group) is 2. The van der Waals surface area contributed by atoms with Crippen LogP contribution in [0.15, 0.2) is 113 Å². The Bertz CT molecular complexity index is 2080. The van der Waals surface area contributed by atoms with E-state index in [4.69, 9.17) is 57.1 Å².